The van der Waals surface area contributed by atoms with Crippen LogP contribution < -0.4 is 15.6 Å². The van der Waals surface area contributed by atoms with Crippen LogP contribution in [0.5, 0.6) is 5.75 Å². The lowest BCUT2D eigenvalue weighted by Gasteiger charge is -2.07. The molecule has 1 aromatic carbocycles. The third-order valence-corrected chi connectivity index (χ3v) is 3.19. The van der Waals surface area contributed by atoms with Crippen molar-refractivity contribution in [3.63, 3.8) is 0 Å². The van der Waals surface area contributed by atoms with Crippen LogP contribution in [0, 0.1) is 0 Å². The van der Waals surface area contributed by atoms with Crippen molar-refractivity contribution in [3.8, 4) is 17.0 Å². The molecule has 0 unspecified atom stereocenters. The highest BCUT2D eigenvalue weighted by Gasteiger charge is 2.03. The minimum Gasteiger partial charge on any atom is -0.494 e. The van der Waals surface area contributed by atoms with E-state index >= 15 is 0 Å². The Morgan fingerprint density at radius 2 is 1.86 bits per heavy atom. The van der Waals surface area contributed by atoms with Crippen LogP contribution in [-0.2, 0) is 6.54 Å². The topological polar surface area (TPSA) is 54.1 Å². The lowest BCUT2D eigenvalue weighted by Crippen LogP contribution is -2.20. The summed E-state index contributed by atoms with van der Waals surface area (Å²) in [7, 11) is 0. The highest BCUT2D eigenvalue weighted by atomic mass is 16.5. The van der Waals surface area contributed by atoms with Gasteiger partial charge in [-0.15, -0.1) is 0 Å². The second kappa shape index (κ2) is 7.64. The van der Waals surface area contributed by atoms with Gasteiger partial charge in [-0.2, -0.15) is 0 Å². The molecule has 0 amide bonds. The predicted octanol–water partition coefficient (Wildman–Crippen LogP) is 2.94. The molecule has 0 saturated carbocycles. The molecular formula is C17H22N2O2. The molecule has 0 aliphatic heterocycles. The lowest BCUT2D eigenvalue weighted by atomic mass is 10.1. The molecule has 112 valence electrons. The van der Waals surface area contributed by atoms with E-state index in [4.69, 9.17) is 4.74 Å². The zero-order valence-corrected chi connectivity index (χ0v) is 12.6. The van der Waals surface area contributed by atoms with Crippen molar-refractivity contribution in [2.24, 2.45) is 0 Å². The Morgan fingerprint density at radius 1 is 1.10 bits per heavy atom. The Kier molecular flexibility index (Phi) is 5.58. The van der Waals surface area contributed by atoms with Gasteiger partial charge in [0.25, 0.3) is 5.56 Å². The van der Waals surface area contributed by atoms with Crippen LogP contribution in [0.2, 0.25) is 0 Å². The first kappa shape index (κ1) is 15.3. The summed E-state index contributed by atoms with van der Waals surface area (Å²) in [4.78, 5) is 14.9. The Hall–Kier alpha value is -2.07. The van der Waals surface area contributed by atoms with E-state index < -0.39 is 0 Å². The fourth-order valence-corrected chi connectivity index (χ4v) is 2.02. The zero-order valence-electron chi connectivity index (χ0n) is 12.6. The van der Waals surface area contributed by atoms with E-state index in [1.807, 2.05) is 43.3 Å². The van der Waals surface area contributed by atoms with E-state index in [0.29, 0.717) is 6.54 Å². The Bertz CT molecular complexity index is 617. The van der Waals surface area contributed by atoms with Crippen molar-refractivity contribution in [1.82, 2.24) is 10.3 Å². The normalized spacial score (nSPS) is 10.6. The van der Waals surface area contributed by atoms with E-state index in [0.717, 1.165) is 42.1 Å². The maximum absolute atomic E-state index is 12.0. The third-order valence-electron chi connectivity index (χ3n) is 3.19. The third kappa shape index (κ3) is 4.20. The summed E-state index contributed by atoms with van der Waals surface area (Å²) in [6, 6.07) is 11.6. The molecule has 0 atom stereocenters. The maximum Gasteiger partial charge on any atom is 0.252 e. The van der Waals surface area contributed by atoms with Gasteiger partial charge in [0.2, 0.25) is 0 Å². The first-order chi connectivity index (χ1) is 10.2. The Morgan fingerprint density at radius 3 is 2.48 bits per heavy atom. The summed E-state index contributed by atoms with van der Waals surface area (Å²) in [6.07, 6.45) is 0.988. The van der Waals surface area contributed by atoms with Gasteiger partial charge >= 0.3 is 0 Å². The molecule has 0 bridgehead atoms. The van der Waals surface area contributed by atoms with Crippen molar-refractivity contribution in [1.29, 1.82) is 0 Å². The van der Waals surface area contributed by atoms with Gasteiger partial charge in [-0.25, -0.2) is 0 Å². The maximum atomic E-state index is 12.0. The predicted molar refractivity (Wildman–Crippen MR) is 85.7 cm³/mol. The van der Waals surface area contributed by atoms with Crippen LogP contribution in [0.3, 0.4) is 0 Å². The molecule has 0 aliphatic carbocycles. The number of hydrogen-bond donors (Lipinski definition) is 2. The number of ether oxygens (including phenoxy) is 1. The van der Waals surface area contributed by atoms with E-state index in [2.05, 4.69) is 17.2 Å². The molecule has 4 heteroatoms. The van der Waals surface area contributed by atoms with Crippen LogP contribution in [0.4, 0.5) is 0 Å². The van der Waals surface area contributed by atoms with Crippen LogP contribution in [0.25, 0.3) is 11.3 Å². The Balaban J connectivity index is 2.14. The molecule has 1 heterocycles. The van der Waals surface area contributed by atoms with Crippen molar-refractivity contribution < 1.29 is 4.74 Å². The molecule has 0 aliphatic rings. The van der Waals surface area contributed by atoms with E-state index in [1.165, 1.54) is 0 Å². The number of rotatable bonds is 7. The van der Waals surface area contributed by atoms with Gasteiger partial charge < -0.3 is 15.0 Å². The summed E-state index contributed by atoms with van der Waals surface area (Å²) < 4.78 is 5.55. The van der Waals surface area contributed by atoms with Crippen molar-refractivity contribution in [2.75, 3.05) is 13.2 Å². The van der Waals surface area contributed by atoms with Crippen LogP contribution in [-0.4, -0.2) is 18.1 Å². The Labute approximate surface area is 125 Å². The highest BCUT2D eigenvalue weighted by molar-refractivity contribution is 5.60. The lowest BCUT2D eigenvalue weighted by molar-refractivity contribution is 0.317. The molecule has 2 rings (SSSR count). The molecule has 21 heavy (non-hydrogen) atoms. The number of aromatic nitrogens is 1. The van der Waals surface area contributed by atoms with Gasteiger partial charge in [0.1, 0.15) is 5.75 Å². The van der Waals surface area contributed by atoms with Gasteiger partial charge in [0.15, 0.2) is 0 Å². The second-order valence-electron chi connectivity index (χ2n) is 4.88. The quantitative estimate of drug-likeness (QED) is 0.823. The summed E-state index contributed by atoms with van der Waals surface area (Å²) in [5, 5.41) is 3.16. The second-order valence-corrected chi connectivity index (χ2v) is 4.88. The molecule has 0 radical (unpaired) electrons. The average Bonchev–Trinajstić information content (AvgIpc) is 2.52. The van der Waals surface area contributed by atoms with E-state index in [-0.39, 0.29) is 5.56 Å². The smallest absolute Gasteiger partial charge is 0.252 e. The van der Waals surface area contributed by atoms with Gasteiger partial charge in [0, 0.05) is 17.8 Å². The number of aromatic amines is 1. The number of hydrogen-bond acceptors (Lipinski definition) is 3. The average molecular weight is 286 g/mol. The molecule has 1 aromatic heterocycles. The molecular weight excluding hydrogens is 264 g/mol. The standard InChI is InChI=1S/C17H22N2O2/c1-3-11-21-15-8-5-13(6-9-15)16-10-7-14(12-18-4-2)17(20)19-16/h5-10,18H,3-4,11-12H2,1-2H3,(H,19,20). The first-order valence-corrected chi connectivity index (χ1v) is 7.40. The highest BCUT2D eigenvalue weighted by Crippen LogP contribution is 2.20. The van der Waals surface area contributed by atoms with Gasteiger partial charge in [-0.05, 0) is 48.9 Å². The van der Waals surface area contributed by atoms with E-state index in [1.54, 1.807) is 0 Å². The van der Waals surface area contributed by atoms with Crippen LogP contribution in [0.15, 0.2) is 41.2 Å². The van der Waals surface area contributed by atoms with Crippen LogP contribution >= 0.6 is 0 Å². The van der Waals surface area contributed by atoms with Crippen molar-refractivity contribution >= 4 is 0 Å². The number of benzene rings is 1. The SMILES string of the molecule is CCCOc1ccc(-c2ccc(CNCC)c(=O)[nH]2)cc1. The summed E-state index contributed by atoms with van der Waals surface area (Å²) >= 11 is 0. The van der Waals surface area contributed by atoms with Crippen molar-refractivity contribution in [2.45, 2.75) is 26.8 Å². The largest absolute Gasteiger partial charge is 0.494 e. The molecule has 0 saturated heterocycles. The molecule has 0 spiro atoms. The number of nitrogens with one attached hydrogen (secondary N) is 2. The van der Waals surface area contributed by atoms with E-state index in [9.17, 15) is 4.79 Å². The van der Waals surface area contributed by atoms with Crippen molar-refractivity contribution in [3.05, 3.63) is 52.3 Å². The van der Waals surface area contributed by atoms with Gasteiger partial charge in [0.05, 0.1) is 6.61 Å². The molecule has 0 fully saturated rings. The molecule has 4 nitrogen and oxygen atoms in total. The number of pyridine rings is 1. The minimum absolute atomic E-state index is 0.0419. The van der Waals surface area contributed by atoms with Gasteiger partial charge in [-0.1, -0.05) is 19.9 Å². The summed E-state index contributed by atoms with van der Waals surface area (Å²) in [6.45, 7) is 6.25. The molecule has 2 aromatic rings. The first-order valence-electron chi connectivity index (χ1n) is 7.40. The molecule has 2 N–H and O–H groups in total. The fraction of sp³-hybridized carbons (Fsp3) is 0.353. The zero-order chi connectivity index (χ0) is 15.1. The number of H-pyrrole nitrogens is 1. The summed E-state index contributed by atoms with van der Waals surface area (Å²) in [5.41, 5.74) is 2.51. The minimum atomic E-state index is -0.0419. The summed E-state index contributed by atoms with van der Waals surface area (Å²) in [5.74, 6) is 0.853. The van der Waals surface area contributed by atoms with Gasteiger partial charge in [-0.3, -0.25) is 4.79 Å². The monoisotopic (exact) mass is 286 g/mol. The van der Waals surface area contributed by atoms with Crippen LogP contribution in [0.1, 0.15) is 25.8 Å². The fourth-order valence-electron chi connectivity index (χ4n) is 2.02.